The molecule has 164 valence electrons. The lowest BCUT2D eigenvalue weighted by atomic mass is 10.1. The Morgan fingerprint density at radius 1 is 1.00 bits per heavy atom. The summed E-state index contributed by atoms with van der Waals surface area (Å²) < 4.78 is 108. The van der Waals surface area contributed by atoms with Gasteiger partial charge in [0.05, 0.1) is 16.0 Å². The fraction of sp³-hybridized carbons (Fsp3) is 0.235. The second-order valence-electron chi connectivity index (χ2n) is 6.19. The Balaban J connectivity index is 2.55. The van der Waals surface area contributed by atoms with Crippen molar-refractivity contribution in [3.8, 4) is 11.5 Å². The molecule has 0 heterocycles. The van der Waals surface area contributed by atoms with Gasteiger partial charge in [-0.15, -0.1) is 0 Å². The van der Waals surface area contributed by atoms with E-state index in [0.717, 1.165) is 18.2 Å². The van der Waals surface area contributed by atoms with Crippen LogP contribution in [0.15, 0.2) is 46.4 Å². The van der Waals surface area contributed by atoms with Crippen molar-refractivity contribution in [1.82, 2.24) is 0 Å². The zero-order chi connectivity index (χ0) is 22.9. The Bertz CT molecular complexity index is 1080. The summed E-state index contributed by atoms with van der Waals surface area (Å²) in [6, 6.07) is 4.43. The second-order valence-corrected chi connectivity index (χ2v) is 8.17. The Kier molecular flexibility index (Phi) is 6.26. The Labute approximate surface area is 167 Å². The summed E-state index contributed by atoms with van der Waals surface area (Å²) in [5, 5.41) is 3.15. The lowest BCUT2D eigenvalue weighted by molar-refractivity contribution is -0.140. The molecule has 0 fully saturated rings. The summed E-state index contributed by atoms with van der Waals surface area (Å²) in [7, 11) is -4.22. The van der Waals surface area contributed by atoms with Crippen LogP contribution in [0, 0.1) is 0 Å². The van der Waals surface area contributed by atoms with Crippen LogP contribution in [0.25, 0.3) is 0 Å². The molecule has 2 rings (SSSR count). The van der Waals surface area contributed by atoms with E-state index in [-0.39, 0.29) is 17.8 Å². The standard InChI is InChI=1S/C17H15F6N3O3S/c1-30(27,28)14-3-2-11(8-13(14)17(21,22)23)29-12-5-9(6-15(24)26-25)4-10(7-12)16(18,19)20/h2-5,7-8H,6,25H2,1H3,(H2,24,26). The van der Waals surface area contributed by atoms with Gasteiger partial charge < -0.3 is 16.3 Å². The van der Waals surface area contributed by atoms with Gasteiger partial charge in [-0.2, -0.15) is 31.4 Å². The first kappa shape index (κ1) is 23.3. The van der Waals surface area contributed by atoms with Gasteiger partial charge in [0, 0.05) is 12.7 Å². The zero-order valence-corrected chi connectivity index (χ0v) is 16.0. The van der Waals surface area contributed by atoms with E-state index in [9.17, 15) is 34.8 Å². The fourth-order valence-electron chi connectivity index (χ4n) is 2.49. The quantitative estimate of drug-likeness (QED) is 0.235. The first-order valence-electron chi connectivity index (χ1n) is 7.94. The minimum Gasteiger partial charge on any atom is -0.457 e. The summed E-state index contributed by atoms with van der Waals surface area (Å²) in [5.74, 6) is 3.83. The predicted molar refractivity (Wildman–Crippen MR) is 95.6 cm³/mol. The number of halogens is 6. The lowest BCUT2D eigenvalue weighted by Gasteiger charge is -2.16. The molecule has 0 aliphatic heterocycles. The van der Waals surface area contributed by atoms with Crippen molar-refractivity contribution in [3.05, 3.63) is 53.1 Å². The molecule has 2 aromatic rings. The van der Waals surface area contributed by atoms with Crippen LogP contribution in [-0.4, -0.2) is 20.5 Å². The number of rotatable bonds is 5. The fourth-order valence-corrected chi connectivity index (χ4v) is 3.38. The van der Waals surface area contributed by atoms with Gasteiger partial charge in [-0.3, -0.25) is 0 Å². The molecule has 6 nitrogen and oxygen atoms in total. The Hall–Kier alpha value is -2.96. The van der Waals surface area contributed by atoms with Gasteiger partial charge in [0.1, 0.15) is 17.3 Å². The van der Waals surface area contributed by atoms with Crippen LogP contribution in [0.5, 0.6) is 11.5 Å². The molecular formula is C17H15F6N3O3S. The highest BCUT2D eigenvalue weighted by atomic mass is 32.2. The van der Waals surface area contributed by atoms with Crippen molar-refractivity contribution in [1.29, 1.82) is 0 Å². The van der Waals surface area contributed by atoms with E-state index in [0.29, 0.717) is 24.5 Å². The number of nitrogens with two attached hydrogens (primary N) is 2. The highest BCUT2D eigenvalue weighted by molar-refractivity contribution is 7.90. The molecule has 0 radical (unpaired) electrons. The number of amidine groups is 1. The van der Waals surface area contributed by atoms with E-state index in [4.69, 9.17) is 16.3 Å². The SMILES string of the molecule is CS(=O)(=O)c1ccc(Oc2cc(C/C(N)=N/N)cc(C(F)(F)F)c2)cc1C(F)(F)F. The average Bonchev–Trinajstić information content (AvgIpc) is 2.59. The van der Waals surface area contributed by atoms with Crippen molar-refractivity contribution < 1.29 is 39.5 Å². The van der Waals surface area contributed by atoms with E-state index < -0.39 is 49.7 Å². The van der Waals surface area contributed by atoms with Crippen LogP contribution >= 0.6 is 0 Å². The molecule has 0 aliphatic rings. The van der Waals surface area contributed by atoms with Crippen LogP contribution in [0.4, 0.5) is 26.3 Å². The topological polar surface area (TPSA) is 108 Å². The Morgan fingerprint density at radius 2 is 1.63 bits per heavy atom. The summed E-state index contributed by atoms with van der Waals surface area (Å²) >= 11 is 0. The molecule has 0 amide bonds. The molecule has 30 heavy (non-hydrogen) atoms. The van der Waals surface area contributed by atoms with Gasteiger partial charge in [0.15, 0.2) is 9.84 Å². The summed E-state index contributed by atoms with van der Waals surface area (Å²) in [5.41, 5.74) is 2.77. The van der Waals surface area contributed by atoms with Gasteiger partial charge in [0.25, 0.3) is 0 Å². The van der Waals surface area contributed by atoms with Gasteiger partial charge in [-0.25, -0.2) is 8.42 Å². The monoisotopic (exact) mass is 455 g/mol. The molecule has 0 bridgehead atoms. The largest absolute Gasteiger partial charge is 0.457 e. The van der Waals surface area contributed by atoms with Gasteiger partial charge in [0.2, 0.25) is 0 Å². The number of hydrogen-bond acceptors (Lipinski definition) is 5. The van der Waals surface area contributed by atoms with Crippen molar-refractivity contribution in [2.45, 2.75) is 23.7 Å². The summed E-state index contributed by atoms with van der Waals surface area (Å²) in [6.07, 6.45) is -9.49. The van der Waals surface area contributed by atoms with Crippen molar-refractivity contribution in [2.24, 2.45) is 16.7 Å². The maximum atomic E-state index is 13.3. The number of benzene rings is 2. The number of nitrogens with zero attached hydrogens (tertiary/aromatic N) is 1. The van der Waals surface area contributed by atoms with Crippen molar-refractivity contribution in [2.75, 3.05) is 6.26 Å². The maximum absolute atomic E-state index is 13.3. The van der Waals surface area contributed by atoms with Crippen LogP contribution in [0.3, 0.4) is 0 Å². The van der Waals surface area contributed by atoms with Crippen LogP contribution in [0.1, 0.15) is 16.7 Å². The molecule has 0 atom stereocenters. The van der Waals surface area contributed by atoms with E-state index in [1.165, 1.54) is 0 Å². The number of hydrogen-bond donors (Lipinski definition) is 2. The third kappa shape index (κ3) is 5.78. The third-order valence-electron chi connectivity index (χ3n) is 3.74. The second kappa shape index (κ2) is 8.05. The molecule has 0 aromatic heterocycles. The normalized spacial score (nSPS) is 13.4. The summed E-state index contributed by atoms with van der Waals surface area (Å²) in [6.45, 7) is 0. The number of sulfone groups is 1. The minimum absolute atomic E-state index is 0.00433. The lowest BCUT2D eigenvalue weighted by Crippen LogP contribution is -2.17. The molecule has 13 heteroatoms. The first-order chi connectivity index (χ1) is 13.6. The first-order valence-corrected chi connectivity index (χ1v) is 9.83. The molecule has 0 saturated heterocycles. The van der Waals surface area contributed by atoms with Crippen molar-refractivity contribution in [3.63, 3.8) is 0 Å². The van der Waals surface area contributed by atoms with Gasteiger partial charge in [-0.05, 0) is 42.0 Å². The smallest absolute Gasteiger partial charge is 0.417 e. The van der Waals surface area contributed by atoms with E-state index in [1.54, 1.807) is 0 Å². The minimum atomic E-state index is -5.04. The van der Waals surface area contributed by atoms with E-state index >= 15 is 0 Å². The average molecular weight is 455 g/mol. The molecule has 4 N–H and O–H groups in total. The Morgan fingerprint density at radius 3 is 2.13 bits per heavy atom. The highest BCUT2D eigenvalue weighted by Crippen LogP contribution is 2.38. The molecular weight excluding hydrogens is 440 g/mol. The van der Waals surface area contributed by atoms with Crippen LogP contribution in [-0.2, 0) is 28.6 Å². The summed E-state index contributed by atoms with van der Waals surface area (Å²) in [4.78, 5) is -0.987. The molecule has 2 aromatic carbocycles. The highest BCUT2D eigenvalue weighted by Gasteiger charge is 2.37. The third-order valence-corrected chi connectivity index (χ3v) is 4.89. The maximum Gasteiger partial charge on any atom is 0.417 e. The number of hydrazone groups is 1. The van der Waals surface area contributed by atoms with E-state index in [2.05, 4.69) is 5.10 Å². The van der Waals surface area contributed by atoms with E-state index in [1.807, 2.05) is 0 Å². The van der Waals surface area contributed by atoms with Crippen LogP contribution in [0.2, 0.25) is 0 Å². The molecule has 0 unspecified atom stereocenters. The molecule has 0 saturated carbocycles. The van der Waals surface area contributed by atoms with Gasteiger partial charge in [-0.1, -0.05) is 0 Å². The number of ether oxygens (including phenoxy) is 1. The predicted octanol–water partition coefficient (Wildman–Crippen LogP) is 3.69. The molecule has 0 aliphatic carbocycles. The zero-order valence-electron chi connectivity index (χ0n) is 15.2. The van der Waals surface area contributed by atoms with Crippen molar-refractivity contribution >= 4 is 15.7 Å². The molecule has 0 spiro atoms. The van der Waals surface area contributed by atoms with Gasteiger partial charge >= 0.3 is 12.4 Å². The van der Waals surface area contributed by atoms with Crippen LogP contribution < -0.4 is 16.3 Å². The number of alkyl halides is 6.